The van der Waals surface area contributed by atoms with Gasteiger partial charge in [0, 0.05) is 13.3 Å². The Labute approximate surface area is 171 Å². The van der Waals surface area contributed by atoms with E-state index >= 15 is 0 Å². The van der Waals surface area contributed by atoms with Crippen LogP contribution >= 0.6 is 11.3 Å². The van der Waals surface area contributed by atoms with E-state index in [1.54, 1.807) is 13.3 Å². The number of methoxy groups -OCH3 is 2. The summed E-state index contributed by atoms with van der Waals surface area (Å²) in [6, 6.07) is -0.408. The van der Waals surface area contributed by atoms with Gasteiger partial charge in [-0.25, -0.2) is 4.98 Å². The van der Waals surface area contributed by atoms with Crippen molar-refractivity contribution in [1.29, 1.82) is 0 Å². The number of ether oxygens (including phenoxy) is 3. The Balaban J connectivity index is 2.41. The second kappa shape index (κ2) is 8.88. The van der Waals surface area contributed by atoms with Gasteiger partial charge < -0.3 is 14.2 Å². The van der Waals surface area contributed by atoms with E-state index in [-0.39, 0.29) is 17.9 Å². The minimum absolute atomic E-state index is 0.234. The number of esters is 2. The zero-order chi connectivity index (χ0) is 21.1. The molecule has 158 valence electrons. The zero-order valence-corrected chi connectivity index (χ0v) is 18.6. The summed E-state index contributed by atoms with van der Waals surface area (Å²) in [7, 11) is 2.99. The van der Waals surface area contributed by atoms with Crippen LogP contribution in [0.25, 0.3) is 0 Å². The van der Waals surface area contributed by atoms with Crippen LogP contribution in [0.2, 0.25) is 0 Å². The predicted octanol–water partition coefficient (Wildman–Crippen LogP) is 3.24. The summed E-state index contributed by atoms with van der Waals surface area (Å²) in [4.78, 5) is 31.2. The monoisotopic (exact) mass is 412 g/mol. The molecule has 1 fully saturated rings. The number of rotatable bonds is 7. The molecule has 0 amide bonds. The van der Waals surface area contributed by atoms with Gasteiger partial charge in [0.2, 0.25) is 0 Å². The lowest BCUT2D eigenvalue weighted by Gasteiger charge is -2.33. The Kier molecular flexibility index (Phi) is 7.22. The number of nitrogens with one attached hydrogen (secondary N) is 1. The van der Waals surface area contributed by atoms with Crippen molar-refractivity contribution in [2.24, 2.45) is 11.8 Å². The van der Waals surface area contributed by atoms with Gasteiger partial charge in [0.1, 0.15) is 16.1 Å². The Bertz CT molecular complexity index is 697. The molecule has 0 saturated carbocycles. The summed E-state index contributed by atoms with van der Waals surface area (Å²) < 4.78 is 15.9. The van der Waals surface area contributed by atoms with Crippen LogP contribution in [0.4, 0.5) is 0 Å². The highest BCUT2D eigenvalue weighted by atomic mass is 32.1. The fraction of sp³-hybridized carbons (Fsp3) is 0.750. The first-order valence-corrected chi connectivity index (χ1v) is 10.4. The normalized spacial score (nSPS) is 25.1. The molecule has 3 atom stereocenters. The zero-order valence-electron chi connectivity index (χ0n) is 17.8. The molecule has 7 nitrogen and oxygen atoms in total. The highest BCUT2D eigenvalue weighted by molar-refractivity contribution is 7.11. The van der Waals surface area contributed by atoms with Gasteiger partial charge in [0.05, 0.1) is 30.6 Å². The first-order valence-electron chi connectivity index (χ1n) is 9.54. The molecule has 1 N–H and O–H groups in total. The summed E-state index contributed by atoms with van der Waals surface area (Å²) in [5, 5.41) is 4.17. The molecule has 1 aliphatic rings. The number of nitrogens with zero attached hydrogens (tertiary/aromatic N) is 1. The lowest BCUT2D eigenvalue weighted by atomic mass is 9.84. The van der Waals surface area contributed by atoms with Crippen molar-refractivity contribution in [2.45, 2.75) is 71.2 Å². The van der Waals surface area contributed by atoms with Crippen LogP contribution < -0.4 is 5.32 Å². The average molecular weight is 413 g/mol. The van der Waals surface area contributed by atoms with Crippen LogP contribution in [-0.4, -0.2) is 42.3 Å². The number of hydrogen-bond acceptors (Lipinski definition) is 8. The molecule has 0 aliphatic carbocycles. The molecule has 0 spiro atoms. The summed E-state index contributed by atoms with van der Waals surface area (Å²) in [6.07, 6.45) is 2.62. The van der Waals surface area contributed by atoms with Crippen LogP contribution in [0.3, 0.4) is 0 Å². The minimum atomic E-state index is -0.960. The van der Waals surface area contributed by atoms with Crippen LogP contribution in [0.5, 0.6) is 0 Å². The third-order valence-electron chi connectivity index (χ3n) is 4.58. The Morgan fingerprint density at radius 3 is 2.57 bits per heavy atom. The summed E-state index contributed by atoms with van der Waals surface area (Å²) >= 11 is 1.47. The van der Waals surface area contributed by atoms with Gasteiger partial charge in [-0.05, 0) is 39.5 Å². The van der Waals surface area contributed by atoms with E-state index in [1.807, 2.05) is 34.6 Å². The number of hydrogen-bond donors (Lipinski definition) is 1. The van der Waals surface area contributed by atoms with E-state index in [1.165, 1.54) is 18.4 Å². The minimum Gasteiger partial charge on any atom is -0.469 e. The van der Waals surface area contributed by atoms with Crippen molar-refractivity contribution in [3.63, 3.8) is 0 Å². The van der Waals surface area contributed by atoms with E-state index in [4.69, 9.17) is 14.2 Å². The van der Waals surface area contributed by atoms with Crippen molar-refractivity contribution < 1.29 is 23.8 Å². The third kappa shape index (κ3) is 5.30. The number of carbonyl (C=O) groups is 2. The Morgan fingerprint density at radius 1 is 1.36 bits per heavy atom. The molecule has 0 aromatic carbocycles. The molecule has 1 aromatic rings. The van der Waals surface area contributed by atoms with E-state index in [2.05, 4.69) is 10.3 Å². The Hall–Kier alpha value is -1.51. The topological polar surface area (TPSA) is 86.8 Å². The SMILES string of the molecule is COCc1cnc([C@@H]2N[C@](CC(C)C)(C(=O)OC(C)(C)C)C[C@@H]2C(=O)OC)s1. The lowest BCUT2D eigenvalue weighted by Crippen LogP contribution is -2.52. The van der Waals surface area contributed by atoms with Gasteiger partial charge >= 0.3 is 11.9 Å². The van der Waals surface area contributed by atoms with Gasteiger partial charge in [-0.15, -0.1) is 11.3 Å². The molecule has 0 bridgehead atoms. The van der Waals surface area contributed by atoms with Crippen molar-refractivity contribution in [2.75, 3.05) is 14.2 Å². The molecule has 2 heterocycles. The van der Waals surface area contributed by atoms with E-state index in [9.17, 15) is 9.59 Å². The number of thiazole rings is 1. The fourth-order valence-corrected chi connectivity index (χ4v) is 4.68. The molecule has 2 rings (SSSR count). The molecular weight excluding hydrogens is 380 g/mol. The fourth-order valence-electron chi connectivity index (χ4n) is 3.67. The molecular formula is C20H32N2O5S. The average Bonchev–Trinajstić information content (AvgIpc) is 3.18. The second-order valence-corrected chi connectivity index (χ2v) is 9.88. The predicted molar refractivity (Wildman–Crippen MR) is 107 cm³/mol. The molecule has 0 radical (unpaired) electrons. The standard InChI is InChI=1S/C20H32N2O5S/c1-12(2)8-20(18(24)27-19(3,4)5)9-14(17(23)26-7)15(22-20)16-21-10-13(28-16)11-25-6/h10,12,14-15,22H,8-9,11H2,1-7H3/t14-,15+,20-/m0/s1. The molecule has 1 aromatic heterocycles. The summed E-state index contributed by atoms with van der Waals surface area (Å²) in [5.41, 5.74) is -1.58. The maximum Gasteiger partial charge on any atom is 0.326 e. The van der Waals surface area contributed by atoms with E-state index < -0.39 is 23.1 Å². The van der Waals surface area contributed by atoms with Crippen LogP contribution in [0.1, 0.15) is 63.4 Å². The molecule has 8 heteroatoms. The largest absolute Gasteiger partial charge is 0.469 e. The summed E-state index contributed by atoms with van der Waals surface area (Å²) in [6.45, 7) is 10.1. The van der Waals surface area contributed by atoms with Gasteiger partial charge in [0.25, 0.3) is 0 Å². The Morgan fingerprint density at radius 2 is 2.04 bits per heavy atom. The highest BCUT2D eigenvalue weighted by Gasteiger charge is 2.55. The first kappa shape index (κ1) is 22.8. The van der Waals surface area contributed by atoms with Crippen LogP contribution in [0, 0.1) is 11.8 Å². The smallest absolute Gasteiger partial charge is 0.326 e. The number of aromatic nitrogens is 1. The van der Waals surface area contributed by atoms with E-state index in [0.717, 1.165) is 9.88 Å². The van der Waals surface area contributed by atoms with Crippen LogP contribution in [-0.2, 0) is 30.4 Å². The maximum atomic E-state index is 13.2. The van der Waals surface area contributed by atoms with Gasteiger partial charge in [-0.3, -0.25) is 14.9 Å². The van der Waals surface area contributed by atoms with Gasteiger partial charge in [0.15, 0.2) is 0 Å². The van der Waals surface area contributed by atoms with Crippen molar-refractivity contribution in [3.05, 3.63) is 16.1 Å². The maximum absolute atomic E-state index is 13.2. The van der Waals surface area contributed by atoms with Crippen LogP contribution in [0.15, 0.2) is 6.20 Å². The molecule has 28 heavy (non-hydrogen) atoms. The first-order chi connectivity index (χ1) is 13.0. The van der Waals surface area contributed by atoms with Gasteiger partial charge in [-0.2, -0.15) is 0 Å². The van der Waals surface area contributed by atoms with Crippen molar-refractivity contribution >= 4 is 23.3 Å². The summed E-state index contributed by atoms with van der Waals surface area (Å²) in [5.74, 6) is -0.968. The quantitative estimate of drug-likeness (QED) is 0.688. The molecule has 1 aliphatic heterocycles. The molecule has 0 unspecified atom stereocenters. The van der Waals surface area contributed by atoms with Gasteiger partial charge in [-0.1, -0.05) is 13.8 Å². The third-order valence-corrected chi connectivity index (χ3v) is 5.63. The van der Waals surface area contributed by atoms with Crippen molar-refractivity contribution in [1.82, 2.24) is 10.3 Å². The lowest BCUT2D eigenvalue weighted by molar-refractivity contribution is -0.163. The van der Waals surface area contributed by atoms with Crippen molar-refractivity contribution in [3.8, 4) is 0 Å². The highest BCUT2D eigenvalue weighted by Crippen LogP contribution is 2.44. The molecule has 1 saturated heterocycles. The number of carbonyl (C=O) groups excluding carboxylic acids is 2. The second-order valence-electron chi connectivity index (χ2n) is 8.74. The van der Waals surface area contributed by atoms with E-state index in [0.29, 0.717) is 19.4 Å².